The van der Waals surface area contributed by atoms with Crippen molar-refractivity contribution in [2.75, 3.05) is 10.6 Å². The van der Waals surface area contributed by atoms with E-state index in [1.165, 1.54) is 11.2 Å². The number of pyridine rings is 1. The molecule has 4 aromatic rings. The Labute approximate surface area is 149 Å². The van der Waals surface area contributed by atoms with Crippen LogP contribution in [0.1, 0.15) is 10.6 Å². The quantitative estimate of drug-likeness (QED) is 0.545. The molecule has 4 rings (SSSR count). The zero-order valence-corrected chi connectivity index (χ0v) is 14.5. The van der Waals surface area contributed by atoms with E-state index in [1.807, 2.05) is 31.2 Å². The molecule has 3 aromatic heterocycles. The third-order valence-corrected chi connectivity index (χ3v) is 4.68. The van der Waals surface area contributed by atoms with Gasteiger partial charge in [-0.15, -0.1) is 11.3 Å². The second kappa shape index (κ2) is 6.86. The molecule has 0 fully saturated rings. The van der Waals surface area contributed by atoms with Crippen molar-refractivity contribution in [2.24, 2.45) is 0 Å². The lowest BCUT2D eigenvalue weighted by atomic mass is 10.2. The summed E-state index contributed by atoms with van der Waals surface area (Å²) in [5.74, 6) is 0.757. The first-order valence-corrected chi connectivity index (χ1v) is 8.87. The van der Waals surface area contributed by atoms with Crippen LogP contribution in [-0.2, 0) is 6.54 Å². The molecule has 0 atom stereocenters. The van der Waals surface area contributed by atoms with E-state index in [2.05, 4.69) is 55.2 Å². The molecule has 0 radical (unpaired) electrons. The lowest BCUT2D eigenvalue weighted by Crippen LogP contribution is -2.00. The molecular formula is C19H17N5S. The highest BCUT2D eigenvalue weighted by Gasteiger charge is 2.06. The Morgan fingerprint density at radius 3 is 2.80 bits per heavy atom. The van der Waals surface area contributed by atoms with Gasteiger partial charge in [0.2, 0.25) is 0 Å². The molecule has 0 amide bonds. The molecule has 0 spiro atoms. The van der Waals surface area contributed by atoms with Crippen LogP contribution in [0.5, 0.6) is 0 Å². The lowest BCUT2D eigenvalue weighted by molar-refractivity contribution is 1.15. The molecule has 0 unspecified atom stereocenters. The van der Waals surface area contributed by atoms with Gasteiger partial charge in [0.15, 0.2) is 5.65 Å². The number of anilines is 3. The Morgan fingerprint density at radius 2 is 1.92 bits per heavy atom. The second-order valence-corrected chi connectivity index (χ2v) is 6.72. The average molecular weight is 347 g/mol. The van der Waals surface area contributed by atoms with Crippen LogP contribution in [-0.4, -0.2) is 15.0 Å². The van der Waals surface area contributed by atoms with Gasteiger partial charge in [0.1, 0.15) is 12.1 Å². The molecule has 6 heteroatoms. The topological polar surface area (TPSA) is 62.7 Å². The van der Waals surface area contributed by atoms with Crippen molar-refractivity contribution >= 4 is 39.6 Å². The second-order valence-electron chi connectivity index (χ2n) is 5.68. The number of nitrogens with one attached hydrogen (secondary N) is 2. The molecule has 0 aliphatic heterocycles. The maximum absolute atomic E-state index is 4.45. The fourth-order valence-corrected chi connectivity index (χ4v) is 3.23. The summed E-state index contributed by atoms with van der Waals surface area (Å²) in [4.78, 5) is 14.4. The monoisotopic (exact) mass is 347 g/mol. The van der Waals surface area contributed by atoms with Crippen molar-refractivity contribution in [3.05, 3.63) is 70.8 Å². The minimum Gasteiger partial charge on any atom is -0.380 e. The molecule has 0 aliphatic carbocycles. The van der Waals surface area contributed by atoms with Gasteiger partial charge >= 0.3 is 0 Å². The number of aromatic nitrogens is 3. The highest BCUT2D eigenvalue weighted by Crippen LogP contribution is 2.24. The Bertz CT molecular complexity index is 998. The number of benzene rings is 1. The van der Waals surface area contributed by atoms with Crippen LogP contribution in [0.3, 0.4) is 0 Å². The lowest BCUT2D eigenvalue weighted by Gasteiger charge is -2.10. The highest BCUT2D eigenvalue weighted by molar-refractivity contribution is 7.09. The van der Waals surface area contributed by atoms with Crippen LogP contribution < -0.4 is 10.6 Å². The number of hydrogen-bond acceptors (Lipinski definition) is 6. The van der Waals surface area contributed by atoms with Crippen LogP contribution >= 0.6 is 11.3 Å². The Kier molecular flexibility index (Phi) is 4.26. The number of fused-ring (bicyclic) bond motifs is 1. The molecule has 25 heavy (non-hydrogen) atoms. The first kappa shape index (κ1) is 15.5. The predicted molar refractivity (Wildman–Crippen MR) is 103 cm³/mol. The van der Waals surface area contributed by atoms with E-state index in [0.717, 1.165) is 34.8 Å². The summed E-state index contributed by atoms with van der Waals surface area (Å²) in [5, 5.41) is 9.81. The summed E-state index contributed by atoms with van der Waals surface area (Å²) < 4.78 is 0. The minimum atomic E-state index is 0.699. The van der Waals surface area contributed by atoms with Crippen molar-refractivity contribution < 1.29 is 0 Å². The largest absolute Gasteiger partial charge is 0.380 e. The van der Waals surface area contributed by atoms with Crippen molar-refractivity contribution in [2.45, 2.75) is 13.5 Å². The molecule has 5 nitrogen and oxygen atoms in total. The molecule has 0 saturated carbocycles. The molecule has 2 N–H and O–H groups in total. The Balaban J connectivity index is 1.56. The fourth-order valence-electron chi connectivity index (χ4n) is 2.58. The van der Waals surface area contributed by atoms with Crippen LogP contribution in [0.2, 0.25) is 0 Å². The maximum Gasteiger partial charge on any atom is 0.164 e. The summed E-state index contributed by atoms with van der Waals surface area (Å²) in [6.45, 7) is 2.78. The molecule has 3 heterocycles. The van der Waals surface area contributed by atoms with Gasteiger partial charge in [0.25, 0.3) is 0 Å². The van der Waals surface area contributed by atoms with E-state index in [4.69, 9.17) is 0 Å². The molecule has 0 bridgehead atoms. The van der Waals surface area contributed by atoms with Gasteiger partial charge in [-0.2, -0.15) is 0 Å². The van der Waals surface area contributed by atoms with E-state index < -0.39 is 0 Å². The van der Waals surface area contributed by atoms with E-state index in [-0.39, 0.29) is 0 Å². The molecule has 124 valence electrons. The standard InChI is InChI=1S/C19H17N5S/c1-13-7-8-17-18(23-13)21-12-22-19(17)24-15-5-2-4-14(10-15)20-11-16-6-3-9-25-16/h2-10,12,20H,11H2,1H3,(H,21,22,23,24). The van der Waals surface area contributed by atoms with E-state index >= 15 is 0 Å². The first-order chi connectivity index (χ1) is 12.3. The fraction of sp³-hybridized carbons (Fsp3) is 0.105. The van der Waals surface area contributed by atoms with Crippen LogP contribution in [0.4, 0.5) is 17.2 Å². The van der Waals surface area contributed by atoms with Gasteiger partial charge in [-0.05, 0) is 48.7 Å². The maximum atomic E-state index is 4.45. The van der Waals surface area contributed by atoms with Crippen LogP contribution in [0.15, 0.2) is 60.2 Å². The predicted octanol–water partition coefficient (Wildman–Crippen LogP) is 4.75. The number of aryl methyl sites for hydroxylation is 1. The van der Waals surface area contributed by atoms with Crippen LogP contribution in [0, 0.1) is 6.92 Å². The molecular weight excluding hydrogens is 330 g/mol. The average Bonchev–Trinajstić information content (AvgIpc) is 3.14. The highest BCUT2D eigenvalue weighted by atomic mass is 32.1. The minimum absolute atomic E-state index is 0.699. The number of hydrogen-bond donors (Lipinski definition) is 2. The van der Waals surface area contributed by atoms with E-state index in [9.17, 15) is 0 Å². The summed E-state index contributed by atoms with van der Waals surface area (Å²) in [6.07, 6.45) is 1.54. The number of nitrogens with zero attached hydrogens (tertiary/aromatic N) is 3. The van der Waals surface area contributed by atoms with Gasteiger partial charge in [0, 0.05) is 28.5 Å². The third kappa shape index (κ3) is 3.59. The summed E-state index contributed by atoms with van der Waals surface area (Å²) in [6, 6.07) is 16.3. The van der Waals surface area contributed by atoms with Gasteiger partial charge in [-0.1, -0.05) is 12.1 Å². The van der Waals surface area contributed by atoms with Gasteiger partial charge < -0.3 is 10.6 Å². The third-order valence-electron chi connectivity index (χ3n) is 3.81. The zero-order chi connectivity index (χ0) is 17.1. The Hall–Kier alpha value is -2.99. The number of rotatable bonds is 5. The van der Waals surface area contributed by atoms with Crippen LogP contribution in [0.25, 0.3) is 11.0 Å². The summed E-state index contributed by atoms with van der Waals surface area (Å²) in [5.41, 5.74) is 3.67. The molecule has 0 aliphatic rings. The van der Waals surface area contributed by atoms with Gasteiger partial charge in [-0.3, -0.25) is 0 Å². The van der Waals surface area contributed by atoms with E-state index in [1.54, 1.807) is 11.3 Å². The normalized spacial score (nSPS) is 10.8. The zero-order valence-electron chi connectivity index (χ0n) is 13.7. The van der Waals surface area contributed by atoms with Gasteiger partial charge in [0.05, 0.1) is 5.39 Å². The SMILES string of the molecule is Cc1ccc2c(Nc3cccc(NCc4cccs4)c3)ncnc2n1. The van der Waals surface area contributed by atoms with Crippen molar-refractivity contribution in [3.63, 3.8) is 0 Å². The molecule has 0 saturated heterocycles. The molecule has 1 aromatic carbocycles. The Morgan fingerprint density at radius 1 is 1.00 bits per heavy atom. The van der Waals surface area contributed by atoms with Crippen molar-refractivity contribution in [1.29, 1.82) is 0 Å². The summed E-state index contributed by atoms with van der Waals surface area (Å²) in [7, 11) is 0. The first-order valence-electron chi connectivity index (χ1n) is 8.00. The van der Waals surface area contributed by atoms with Crippen molar-refractivity contribution in [3.8, 4) is 0 Å². The van der Waals surface area contributed by atoms with E-state index in [0.29, 0.717) is 5.65 Å². The van der Waals surface area contributed by atoms with Crippen molar-refractivity contribution in [1.82, 2.24) is 15.0 Å². The number of thiophene rings is 1. The van der Waals surface area contributed by atoms with Gasteiger partial charge in [-0.25, -0.2) is 15.0 Å². The summed E-state index contributed by atoms with van der Waals surface area (Å²) >= 11 is 1.75. The smallest absolute Gasteiger partial charge is 0.164 e.